The Morgan fingerprint density at radius 1 is 1.00 bits per heavy atom. The zero-order chi connectivity index (χ0) is 18.5. The Balaban J connectivity index is 1.65. The molecule has 26 heavy (non-hydrogen) atoms. The maximum atomic E-state index is 13.1. The van der Waals surface area contributed by atoms with Crippen LogP contribution in [0.4, 0.5) is 14.9 Å². The molecule has 0 aromatic heterocycles. The highest BCUT2D eigenvalue weighted by Gasteiger charge is 2.35. The average molecular weight is 363 g/mol. The Bertz CT molecular complexity index is 637. The van der Waals surface area contributed by atoms with Crippen molar-refractivity contribution in [2.45, 2.75) is 31.7 Å². The second kappa shape index (κ2) is 8.38. The molecule has 3 rings (SSSR count). The number of hydrogen-bond donors (Lipinski definition) is 0. The number of carbonyl (C=O) groups is 2. The van der Waals surface area contributed by atoms with Gasteiger partial charge in [0.25, 0.3) is 0 Å². The van der Waals surface area contributed by atoms with Crippen LogP contribution in [0.2, 0.25) is 0 Å². The van der Waals surface area contributed by atoms with Crippen molar-refractivity contribution in [1.82, 2.24) is 9.80 Å². The molecule has 0 N–H and O–H groups in total. The summed E-state index contributed by atoms with van der Waals surface area (Å²) in [6, 6.07) is 6.03. The molecule has 1 aromatic rings. The molecule has 2 amide bonds. The molecule has 0 unspecified atom stereocenters. The van der Waals surface area contributed by atoms with Crippen molar-refractivity contribution in [3.8, 4) is 0 Å². The highest BCUT2D eigenvalue weighted by molar-refractivity contribution is 5.86. The first-order chi connectivity index (χ1) is 12.6. The van der Waals surface area contributed by atoms with Crippen LogP contribution in [0.25, 0.3) is 0 Å². The van der Waals surface area contributed by atoms with Crippen molar-refractivity contribution >= 4 is 17.7 Å². The fourth-order valence-electron chi connectivity index (χ4n) is 3.78. The van der Waals surface area contributed by atoms with Crippen molar-refractivity contribution in [2.75, 3.05) is 44.7 Å². The van der Waals surface area contributed by atoms with E-state index in [4.69, 9.17) is 4.74 Å². The van der Waals surface area contributed by atoms with E-state index in [2.05, 4.69) is 4.90 Å². The number of rotatable bonds is 2. The zero-order valence-corrected chi connectivity index (χ0v) is 15.2. The van der Waals surface area contributed by atoms with E-state index in [-0.39, 0.29) is 11.7 Å². The maximum absolute atomic E-state index is 13.1. The van der Waals surface area contributed by atoms with E-state index >= 15 is 0 Å². The lowest BCUT2D eigenvalue weighted by Crippen LogP contribution is -2.53. The van der Waals surface area contributed by atoms with Crippen molar-refractivity contribution in [1.29, 1.82) is 0 Å². The van der Waals surface area contributed by atoms with E-state index in [1.807, 2.05) is 4.90 Å². The lowest BCUT2D eigenvalue weighted by atomic mass is 10.0. The lowest BCUT2D eigenvalue weighted by molar-refractivity contribution is -0.137. The summed E-state index contributed by atoms with van der Waals surface area (Å²) >= 11 is 0. The van der Waals surface area contributed by atoms with Gasteiger partial charge >= 0.3 is 6.09 Å². The minimum atomic E-state index is -0.425. The summed E-state index contributed by atoms with van der Waals surface area (Å²) in [5.74, 6) is -0.239. The third kappa shape index (κ3) is 4.08. The number of piperidine rings is 1. The molecule has 1 atom stereocenters. The zero-order valence-electron chi connectivity index (χ0n) is 15.2. The molecule has 2 saturated heterocycles. The van der Waals surface area contributed by atoms with Crippen LogP contribution < -0.4 is 4.90 Å². The largest absolute Gasteiger partial charge is 0.453 e. The first kappa shape index (κ1) is 18.5. The third-order valence-electron chi connectivity index (χ3n) is 5.20. The topological polar surface area (TPSA) is 53.1 Å². The van der Waals surface area contributed by atoms with Crippen molar-refractivity contribution in [3.63, 3.8) is 0 Å². The van der Waals surface area contributed by atoms with Crippen LogP contribution in [0, 0.1) is 5.82 Å². The van der Waals surface area contributed by atoms with Crippen molar-refractivity contribution in [3.05, 3.63) is 30.1 Å². The second-order valence-electron chi connectivity index (χ2n) is 6.82. The highest BCUT2D eigenvalue weighted by Crippen LogP contribution is 2.22. The number of carbonyl (C=O) groups excluding carboxylic acids is 2. The number of benzene rings is 1. The van der Waals surface area contributed by atoms with E-state index in [9.17, 15) is 14.0 Å². The molecule has 0 aliphatic carbocycles. The van der Waals surface area contributed by atoms with Gasteiger partial charge in [0.1, 0.15) is 11.9 Å². The van der Waals surface area contributed by atoms with Gasteiger partial charge in [-0.15, -0.1) is 0 Å². The van der Waals surface area contributed by atoms with Gasteiger partial charge in [-0.05, 0) is 49.9 Å². The normalized spacial score (nSPS) is 21.3. The molecule has 0 spiro atoms. The summed E-state index contributed by atoms with van der Waals surface area (Å²) in [5, 5.41) is 0. The fourth-order valence-corrected chi connectivity index (χ4v) is 3.78. The van der Waals surface area contributed by atoms with Crippen LogP contribution in [-0.4, -0.2) is 67.7 Å². The Morgan fingerprint density at radius 2 is 1.77 bits per heavy atom. The molecule has 0 radical (unpaired) electrons. The number of ether oxygens (including phenoxy) is 1. The molecular weight excluding hydrogens is 337 g/mol. The first-order valence-electron chi connectivity index (χ1n) is 9.24. The lowest BCUT2D eigenvalue weighted by Gasteiger charge is -2.36. The number of anilines is 1. The molecular formula is C19H26FN3O3. The van der Waals surface area contributed by atoms with Gasteiger partial charge in [0.2, 0.25) is 5.91 Å². The van der Waals surface area contributed by atoms with Crippen molar-refractivity contribution < 1.29 is 18.7 Å². The number of halogens is 1. The summed E-state index contributed by atoms with van der Waals surface area (Å²) in [6.07, 6.45) is 2.95. The average Bonchev–Trinajstić information content (AvgIpc) is 2.93. The maximum Gasteiger partial charge on any atom is 0.410 e. The van der Waals surface area contributed by atoms with Gasteiger partial charge in [-0.25, -0.2) is 9.18 Å². The molecule has 2 fully saturated rings. The Morgan fingerprint density at radius 3 is 2.50 bits per heavy atom. The van der Waals surface area contributed by atoms with Crippen molar-refractivity contribution in [2.24, 2.45) is 0 Å². The Kier molecular flexibility index (Phi) is 5.96. The summed E-state index contributed by atoms with van der Waals surface area (Å²) < 4.78 is 18.0. The summed E-state index contributed by atoms with van der Waals surface area (Å²) in [7, 11) is 1.35. The molecule has 2 aliphatic rings. The number of likely N-dealkylation sites (tertiary alicyclic amines) is 1. The van der Waals surface area contributed by atoms with E-state index in [1.165, 1.54) is 19.2 Å². The Labute approximate surface area is 153 Å². The number of hydrogen-bond acceptors (Lipinski definition) is 4. The smallest absolute Gasteiger partial charge is 0.410 e. The van der Waals surface area contributed by atoms with Gasteiger partial charge in [0.15, 0.2) is 0 Å². The minimum Gasteiger partial charge on any atom is -0.453 e. The van der Waals surface area contributed by atoms with Crippen LogP contribution in [0.5, 0.6) is 0 Å². The number of nitrogens with zero attached hydrogens (tertiary/aromatic N) is 3. The Hall–Kier alpha value is -2.31. The third-order valence-corrected chi connectivity index (χ3v) is 5.20. The predicted molar refractivity (Wildman–Crippen MR) is 96.6 cm³/mol. The van der Waals surface area contributed by atoms with Crippen LogP contribution in [-0.2, 0) is 9.53 Å². The fraction of sp³-hybridized carbons (Fsp3) is 0.579. The molecule has 142 valence electrons. The van der Waals surface area contributed by atoms with Crippen LogP contribution in [0.1, 0.15) is 25.7 Å². The van der Waals surface area contributed by atoms with Crippen LogP contribution in [0.3, 0.4) is 0 Å². The van der Waals surface area contributed by atoms with Gasteiger partial charge in [-0.1, -0.05) is 0 Å². The van der Waals surface area contributed by atoms with E-state index in [0.29, 0.717) is 32.6 Å². The molecule has 0 bridgehead atoms. The standard InChI is InChI=1S/C19H26FN3O3/c1-26-19(25)23-12-3-2-5-17(23)18(24)22-11-4-10-21(13-14-22)16-8-6-15(20)7-9-16/h6-9,17H,2-5,10-14H2,1H3/t17-/m1/s1. The van der Waals surface area contributed by atoms with Crippen LogP contribution >= 0.6 is 0 Å². The molecule has 1 aromatic carbocycles. The SMILES string of the molecule is COC(=O)N1CCCC[C@@H]1C(=O)N1CCCN(c2ccc(F)cc2)CC1. The minimum absolute atomic E-state index is 0.0102. The summed E-state index contributed by atoms with van der Waals surface area (Å²) in [5.41, 5.74) is 0.967. The highest BCUT2D eigenvalue weighted by atomic mass is 19.1. The van der Waals surface area contributed by atoms with E-state index in [0.717, 1.165) is 31.5 Å². The van der Waals surface area contributed by atoms with Crippen LogP contribution in [0.15, 0.2) is 24.3 Å². The second-order valence-corrected chi connectivity index (χ2v) is 6.82. The van der Waals surface area contributed by atoms with E-state index in [1.54, 1.807) is 17.0 Å². The molecule has 7 heteroatoms. The van der Waals surface area contributed by atoms with Gasteiger partial charge in [-0.3, -0.25) is 9.69 Å². The number of methoxy groups -OCH3 is 1. The summed E-state index contributed by atoms with van der Waals surface area (Å²) in [4.78, 5) is 30.6. The van der Waals surface area contributed by atoms with Gasteiger partial charge in [-0.2, -0.15) is 0 Å². The molecule has 0 saturated carbocycles. The molecule has 6 nitrogen and oxygen atoms in total. The summed E-state index contributed by atoms with van der Waals surface area (Å²) in [6.45, 7) is 3.35. The van der Waals surface area contributed by atoms with Gasteiger partial charge in [0.05, 0.1) is 7.11 Å². The molecule has 2 aliphatic heterocycles. The van der Waals surface area contributed by atoms with Gasteiger partial charge in [0, 0.05) is 38.4 Å². The quantitative estimate of drug-likeness (QED) is 0.810. The first-order valence-corrected chi connectivity index (χ1v) is 9.24. The number of amides is 2. The molecule has 2 heterocycles. The van der Waals surface area contributed by atoms with E-state index < -0.39 is 12.1 Å². The predicted octanol–water partition coefficient (Wildman–Crippen LogP) is 2.49. The monoisotopic (exact) mass is 363 g/mol. The van der Waals surface area contributed by atoms with Gasteiger partial charge < -0.3 is 14.5 Å².